The minimum Gasteiger partial charge on any atom is -0.293 e. The molecular weight excluding hydrogens is 184 g/mol. The van der Waals surface area contributed by atoms with E-state index in [9.17, 15) is 9.00 Å². The van der Waals surface area contributed by atoms with Crippen molar-refractivity contribution in [2.45, 2.75) is 6.92 Å². The Balaban J connectivity index is 2.65. The lowest BCUT2D eigenvalue weighted by Crippen LogP contribution is -2.11. The number of carbonyl (C=O) groups excluding carboxylic acids is 1. The lowest BCUT2D eigenvalue weighted by molar-refractivity contribution is 0.102. The maximum Gasteiger partial charge on any atom is 0.175 e. The summed E-state index contributed by atoms with van der Waals surface area (Å²) in [5.74, 6) is 0.639. The summed E-state index contributed by atoms with van der Waals surface area (Å²) in [6.07, 6.45) is 0. The van der Waals surface area contributed by atoms with Crippen molar-refractivity contribution in [1.29, 1.82) is 0 Å². The van der Waals surface area contributed by atoms with Gasteiger partial charge >= 0.3 is 0 Å². The third-order valence-electron chi connectivity index (χ3n) is 1.71. The molecule has 0 aliphatic carbocycles. The standard InChI is InChI=1S/C10H12O2S/c1-2-13(12)8-10(11)9-6-4-3-5-7-9/h3-7H,2,8H2,1H3. The monoisotopic (exact) mass is 196 g/mol. The second-order valence-corrected chi connectivity index (χ2v) is 4.41. The van der Waals surface area contributed by atoms with Crippen LogP contribution in [0.15, 0.2) is 30.3 Å². The number of benzene rings is 1. The van der Waals surface area contributed by atoms with Crippen LogP contribution in [0.5, 0.6) is 0 Å². The van der Waals surface area contributed by atoms with Gasteiger partial charge in [0.05, 0.1) is 5.75 Å². The van der Waals surface area contributed by atoms with Gasteiger partial charge in [0, 0.05) is 22.1 Å². The number of hydrogen-bond acceptors (Lipinski definition) is 2. The van der Waals surface area contributed by atoms with Crippen LogP contribution in [0, 0.1) is 0 Å². The highest BCUT2D eigenvalue weighted by Crippen LogP contribution is 2.00. The van der Waals surface area contributed by atoms with E-state index in [2.05, 4.69) is 0 Å². The number of Topliss-reactive ketones (excluding diaryl/α,β-unsaturated/α-hetero) is 1. The van der Waals surface area contributed by atoms with E-state index in [1.807, 2.05) is 25.1 Å². The highest BCUT2D eigenvalue weighted by atomic mass is 32.2. The zero-order valence-corrected chi connectivity index (χ0v) is 8.34. The molecule has 0 N–H and O–H groups in total. The summed E-state index contributed by atoms with van der Waals surface area (Å²) < 4.78 is 11.1. The predicted octanol–water partition coefficient (Wildman–Crippen LogP) is 1.64. The Bertz CT molecular complexity index is 306. The Labute approximate surface area is 80.4 Å². The van der Waals surface area contributed by atoms with Gasteiger partial charge in [0.2, 0.25) is 0 Å². The van der Waals surface area contributed by atoms with Crippen LogP contribution in [0.25, 0.3) is 0 Å². The topological polar surface area (TPSA) is 34.1 Å². The van der Waals surface area contributed by atoms with Crippen molar-refractivity contribution in [1.82, 2.24) is 0 Å². The van der Waals surface area contributed by atoms with Crippen molar-refractivity contribution in [2.24, 2.45) is 0 Å². The van der Waals surface area contributed by atoms with Crippen LogP contribution in [-0.2, 0) is 10.8 Å². The molecule has 1 aromatic carbocycles. The van der Waals surface area contributed by atoms with Crippen molar-refractivity contribution in [3.05, 3.63) is 35.9 Å². The summed E-state index contributed by atoms with van der Waals surface area (Å²) in [7, 11) is -1.01. The third-order valence-corrected chi connectivity index (χ3v) is 2.94. The van der Waals surface area contributed by atoms with E-state index in [1.165, 1.54) is 0 Å². The molecule has 0 aliphatic rings. The van der Waals surface area contributed by atoms with Gasteiger partial charge in [-0.15, -0.1) is 0 Å². The molecule has 0 bridgehead atoms. The minimum atomic E-state index is -1.01. The van der Waals surface area contributed by atoms with Gasteiger partial charge in [-0.25, -0.2) is 0 Å². The van der Waals surface area contributed by atoms with Crippen molar-refractivity contribution in [2.75, 3.05) is 11.5 Å². The minimum absolute atomic E-state index is 0.0409. The summed E-state index contributed by atoms with van der Waals surface area (Å²) in [6.45, 7) is 1.81. The predicted molar refractivity (Wildman–Crippen MR) is 54.3 cm³/mol. The molecule has 2 nitrogen and oxygen atoms in total. The van der Waals surface area contributed by atoms with Gasteiger partial charge in [0.15, 0.2) is 5.78 Å². The fraction of sp³-hybridized carbons (Fsp3) is 0.300. The SMILES string of the molecule is CCS(=O)CC(=O)c1ccccc1. The first-order valence-electron chi connectivity index (χ1n) is 4.17. The van der Waals surface area contributed by atoms with Gasteiger partial charge in [-0.2, -0.15) is 0 Å². The first-order valence-corrected chi connectivity index (χ1v) is 5.66. The molecule has 0 fully saturated rings. The molecule has 0 amide bonds. The highest BCUT2D eigenvalue weighted by Gasteiger charge is 2.07. The molecule has 13 heavy (non-hydrogen) atoms. The van der Waals surface area contributed by atoms with Crippen molar-refractivity contribution >= 4 is 16.6 Å². The second-order valence-electron chi connectivity index (χ2n) is 2.66. The van der Waals surface area contributed by atoms with Crippen LogP contribution in [0.2, 0.25) is 0 Å². The second kappa shape index (κ2) is 4.92. The van der Waals surface area contributed by atoms with E-state index in [1.54, 1.807) is 12.1 Å². The van der Waals surface area contributed by atoms with Crippen LogP contribution in [0.3, 0.4) is 0 Å². The molecule has 0 heterocycles. The molecule has 3 heteroatoms. The molecule has 1 unspecified atom stereocenters. The van der Waals surface area contributed by atoms with E-state index in [0.29, 0.717) is 11.3 Å². The quantitative estimate of drug-likeness (QED) is 0.686. The fourth-order valence-corrected chi connectivity index (χ4v) is 1.62. The molecular formula is C10H12O2S. The van der Waals surface area contributed by atoms with Crippen LogP contribution in [0.4, 0.5) is 0 Å². The zero-order valence-electron chi connectivity index (χ0n) is 7.53. The lowest BCUT2D eigenvalue weighted by Gasteiger charge is -1.98. The van der Waals surface area contributed by atoms with E-state index in [0.717, 1.165) is 0 Å². The fourth-order valence-electron chi connectivity index (χ4n) is 0.956. The molecule has 0 aromatic heterocycles. The smallest absolute Gasteiger partial charge is 0.175 e. The normalized spacial score (nSPS) is 12.4. The first kappa shape index (κ1) is 10.1. The Hall–Kier alpha value is -0.960. The number of ketones is 1. The summed E-state index contributed by atoms with van der Waals surface area (Å²) in [5, 5.41) is 0. The van der Waals surface area contributed by atoms with Crippen LogP contribution < -0.4 is 0 Å². The van der Waals surface area contributed by atoms with E-state index in [-0.39, 0.29) is 11.5 Å². The van der Waals surface area contributed by atoms with Crippen LogP contribution in [-0.4, -0.2) is 21.5 Å². The molecule has 0 saturated heterocycles. The van der Waals surface area contributed by atoms with Gasteiger partial charge in [-0.1, -0.05) is 37.3 Å². The largest absolute Gasteiger partial charge is 0.293 e. The van der Waals surface area contributed by atoms with Gasteiger partial charge in [-0.05, 0) is 0 Å². The van der Waals surface area contributed by atoms with Gasteiger partial charge in [0.25, 0.3) is 0 Å². The van der Waals surface area contributed by atoms with Crippen molar-refractivity contribution in [3.8, 4) is 0 Å². The van der Waals surface area contributed by atoms with Gasteiger partial charge in [0.1, 0.15) is 0 Å². The summed E-state index contributed by atoms with van der Waals surface area (Å²) in [5.41, 5.74) is 0.643. The average Bonchev–Trinajstić information content (AvgIpc) is 2.19. The van der Waals surface area contributed by atoms with E-state index < -0.39 is 10.8 Å². The number of hydrogen-bond donors (Lipinski definition) is 0. The Morgan fingerprint density at radius 2 is 1.92 bits per heavy atom. The van der Waals surface area contributed by atoms with Crippen molar-refractivity contribution < 1.29 is 9.00 Å². The molecule has 70 valence electrons. The Kier molecular flexibility index (Phi) is 3.83. The van der Waals surface area contributed by atoms with Crippen LogP contribution >= 0.6 is 0 Å². The molecule has 1 aromatic rings. The number of carbonyl (C=O) groups is 1. The van der Waals surface area contributed by atoms with Gasteiger partial charge in [-0.3, -0.25) is 9.00 Å². The zero-order chi connectivity index (χ0) is 9.68. The average molecular weight is 196 g/mol. The molecule has 0 aliphatic heterocycles. The Morgan fingerprint density at radius 3 is 2.46 bits per heavy atom. The molecule has 0 saturated carbocycles. The Morgan fingerprint density at radius 1 is 1.31 bits per heavy atom. The third kappa shape index (κ3) is 3.11. The van der Waals surface area contributed by atoms with Gasteiger partial charge < -0.3 is 0 Å². The molecule has 1 rings (SSSR count). The van der Waals surface area contributed by atoms with E-state index >= 15 is 0 Å². The van der Waals surface area contributed by atoms with Crippen molar-refractivity contribution in [3.63, 3.8) is 0 Å². The summed E-state index contributed by atoms with van der Waals surface area (Å²) >= 11 is 0. The maximum absolute atomic E-state index is 11.4. The first-order chi connectivity index (χ1) is 6.24. The number of rotatable bonds is 4. The summed E-state index contributed by atoms with van der Waals surface area (Å²) in [4.78, 5) is 11.4. The summed E-state index contributed by atoms with van der Waals surface area (Å²) in [6, 6.07) is 8.96. The lowest BCUT2D eigenvalue weighted by atomic mass is 10.2. The van der Waals surface area contributed by atoms with Crippen LogP contribution in [0.1, 0.15) is 17.3 Å². The van der Waals surface area contributed by atoms with E-state index in [4.69, 9.17) is 0 Å². The molecule has 0 radical (unpaired) electrons. The molecule has 1 atom stereocenters. The molecule has 0 spiro atoms. The highest BCUT2D eigenvalue weighted by molar-refractivity contribution is 7.85. The maximum atomic E-state index is 11.4.